The van der Waals surface area contributed by atoms with E-state index in [1.807, 2.05) is 0 Å². The van der Waals surface area contributed by atoms with Crippen molar-refractivity contribution in [1.29, 1.82) is 0 Å². The molecule has 1 aromatic carbocycles. The lowest BCUT2D eigenvalue weighted by atomic mass is 9.76. The number of nitrogens with zero attached hydrogens (tertiary/aromatic N) is 1. The van der Waals surface area contributed by atoms with Crippen molar-refractivity contribution in [2.75, 3.05) is 6.54 Å². The number of carbonyl (C=O) groups is 1. The largest absolute Gasteiger partial charge is 0.480 e. The first-order valence-corrected chi connectivity index (χ1v) is 7.35. The van der Waals surface area contributed by atoms with Crippen molar-refractivity contribution in [2.45, 2.75) is 53.1 Å². The topological polar surface area (TPSA) is 40.5 Å². The summed E-state index contributed by atoms with van der Waals surface area (Å²) in [6.07, 6.45) is 2.05. The summed E-state index contributed by atoms with van der Waals surface area (Å²) in [7, 11) is 0. The van der Waals surface area contributed by atoms with E-state index in [0.29, 0.717) is 0 Å². The van der Waals surface area contributed by atoms with Gasteiger partial charge in [-0.25, -0.2) is 0 Å². The summed E-state index contributed by atoms with van der Waals surface area (Å²) in [5.74, 6) is -0.694. The van der Waals surface area contributed by atoms with Gasteiger partial charge in [0.25, 0.3) is 0 Å². The van der Waals surface area contributed by atoms with Gasteiger partial charge in [-0.1, -0.05) is 32.0 Å². The molecule has 110 valence electrons. The van der Waals surface area contributed by atoms with E-state index in [4.69, 9.17) is 0 Å². The summed E-state index contributed by atoms with van der Waals surface area (Å²) in [5.41, 5.74) is 3.60. The Morgan fingerprint density at radius 2 is 1.95 bits per heavy atom. The summed E-state index contributed by atoms with van der Waals surface area (Å²) in [6.45, 7) is 9.96. The van der Waals surface area contributed by atoms with Crippen molar-refractivity contribution in [3.8, 4) is 0 Å². The van der Waals surface area contributed by atoms with E-state index in [1.165, 1.54) is 16.7 Å². The Morgan fingerprint density at radius 1 is 1.35 bits per heavy atom. The van der Waals surface area contributed by atoms with Crippen LogP contribution in [0.3, 0.4) is 0 Å². The van der Waals surface area contributed by atoms with Gasteiger partial charge in [0.1, 0.15) is 6.04 Å². The van der Waals surface area contributed by atoms with Gasteiger partial charge in [0.15, 0.2) is 0 Å². The molecule has 1 heterocycles. The first-order chi connectivity index (χ1) is 9.33. The average molecular weight is 275 g/mol. The minimum absolute atomic E-state index is 0.166. The van der Waals surface area contributed by atoms with E-state index < -0.39 is 12.0 Å². The van der Waals surface area contributed by atoms with Crippen LogP contribution in [0.1, 0.15) is 43.4 Å². The smallest absolute Gasteiger partial charge is 0.321 e. The molecular formula is C17H25NO2. The van der Waals surface area contributed by atoms with Gasteiger partial charge < -0.3 is 5.11 Å². The van der Waals surface area contributed by atoms with E-state index in [0.717, 1.165) is 25.9 Å². The number of likely N-dealkylation sites (tertiary alicyclic amines) is 1. The third kappa shape index (κ3) is 2.88. The first kappa shape index (κ1) is 15.0. The van der Waals surface area contributed by atoms with Crippen molar-refractivity contribution in [3.63, 3.8) is 0 Å². The third-order valence-electron chi connectivity index (χ3n) is 4.61. The Hall–Kier alpha value is -1.35. The highest BCUT2D eigenvalue weighted by molar-refractivity contribution is 5.74. The molecule has 0 aromatic heterocycles. The Labute approximate surface area is 121 Å². The van der Waals surface area contributed by atoms with Gasteiger partial charge in [-0.15, -0.1) is 0 Å². The highest BCUT2D eigenvalue weighted by Gasteiger charge is 2.42. The molecule has 1 aliphatic rings. The van der Waals surface area contributed by atoms with Gasteiger partial charge in [0.2, 0.25) is 0 Å². The molecule has 1 atom stereocenters. The minimum Gasteiger partial charge on any atom is -0.480 e. The molecule has 1 fully saturated rings. The maximum Gasteiger partial charge on any atom is 0.321 e. The standard InChI is InChI=1S/C17H25NO2/c1-12-7-5-8-13(2)14(12)11-18-10-6-9-17(3,4)15(18)16(19)20/h5,7-8,15H,6,9-11H2,1-4H3,(H,19,20). The van der Waals surface area contributed by atoms with Crippen molar-refractivity contribution in [3.05, 3.63) is 34.9 Å². The monoisotopic (exact) mass is 275 g/mol. The van der Waals surface area contributed by atoms with Crippen LogP contribution >= 0.6 is 0 Å². The zero-order valence-corrected chi connectivity index (χ0v) is 12.9. The van der Waals surface area contributed by atoms with E-state index in [-0.39, 0.29) is 5.41 Å². The zero-order valence-electron chi connectivity index (χ0n) is 12.9. The quantitative estimate of drug-likeness (QED) is 0.919. The van der Waals surface area contributed by atoms with Crippen LogP contribution < -0.4 is 0 Å². The normalized spacial score (nSPS) is 22.7. The van der Waals surface area contributed by atoms with Crippen molar-refractivity contribution in [1.82, 2.24) is 4.90 Å². The average Bonchev–Trinajstić information content (AvgIpc) is 2.32. The molecule has 1 N–H and O–H groups in total. The maximum atomic E-state index is 11.7. The highest BCUT2D eigenvalue weighted by Crippen LogP contribution is 2.36. The van der Waals surface area contributed by atoms with Gasteiger partial charge in [-0.2, -0.15) is 0 Å². The molecule has 2 rings (SSSR count). The summed E-state index contributed by atoms with van der Waals surface area (Å²) in [4.78, 5) is 13.8. The lowest BCUT2D eigenvalue weighted by Crippen LogP contribution is -2.53. The first-order valence-electron chi connectivity index (χ1n) is 7.35. The van der Waals surface area contributed by atoms with Crippen LogP contribution in [0.25, 0.3) is 0 Å². The van der Waals surface area contributed by atoms with Crippen molar-refractivity contribution < 1.29 is 9.90 Å². The molecular weight excluding hydrogens is 250 g/mol. The second-order valence-corrected chi connectivity index (χ2v) is 6.67. The minimum atomic E-state index is -0.694. The molecule has 0 radical (unpaired) electrons. The summed E-state index contributed by atoms with van der Waals surface area (Å²) < 4.78 is 0. The zero-order chi connectivity index (χ0) is 14.9. The van der Waals surface area contributed by atoms with Crippen LogP contribution in [0.5, 0.6) is 0 Å². The number of piperidine rings is 1. The second kappa shape index (κ2) is 5.57. The predicted molar refractivity (Wildman–Crippen MR) is 80.8 cm³/mol. The lowest BCUT2D eigenvalue weighted by molar-refractivity contribution is -0.151. The number of benzene rings is 1. The molecule has 3 heteroatoms. The molecule has 0 saturated carbocycles. The molecule has 1 aromatic rings. The van der Waals surface area contributed by atoms with Gasteiger partial charge in [-0.3, -0.25) is 9.69 Å². The maximum absolute atomic E-state index is 11.7. The van der Waals surface area contributed by atoms with Crippen molar-refractivity contribution >= 4 is 5.97 Å². The molecule has 3 nitrogen and oxygen atoms in total. The predicted octanol–water partition coefficient (Wildman–Crippen LogP) is 3.38. The van der Waals surface area contributed by atoms with Gasteiger partial charge in [-0.05, 0) is 55.3 Å². The Kier molecular flexibility index (Phi) is 4.19. The number of carboxylic acids is 1. The van der Waals surface area contributed by atoms with Crippen LogP contribution in [-0.4, -0.2) is 28.6 Å². The van der Waals surface area contributed by atoms with Gasteiger partial charge in [0, 0.05) is 6.54 Å². The fourth-order valence-electron chi connectivity index (χ4n) is 3.46. The van der Waals surface area contributed by atoms with Crippen LogP contribution in [0.15, 0.2) is 18.2 Å². The van der Waals surface area contributed by atoms with Crippen LogP contribution in [0.4, 0.5) is 0 Å². The Morgan fingerprint density at radius 3 is 2.50 bits per heavy atom. The van der Waals surface area contributed by atoms with Crippen LogP contribution in [0.2, 0.25) is 0 Å². The molecule has 0 bridgehead atoms. The van der Waals surface area contributed by atoms with Crippen LogP contribution in [0, 0.1) is 19.3 Å². The SMILES string of the molecule is Cc1cccc(C)c1CN1CCCC(C)(C)C1C(=O)O. The van der Waals surface area contributed by atoms with Gasteiger partial charge >= 0.3 is 5.97 Å². The lowest BCUT2D eigenvalue weighted by Gasteiger charge is -2.44. The molecule has 20 heavy (non-hydrogen) atoms. The number of hydrogen-bond acceptors (Lipinski definition) is 2. The Balaban J connectivity index is 2.29. The number of aryl methyl sites for hydroxylation is 2. The van der Waals surface area contributed by atoms with Crippen molar-refractivity contribution in [2.24, 2.45) is 5.41 Å². The number of carboxylic acid groups (broad SMARTS) is 1. The summed E-state index contributed by atoms with van der Waals surface area (Å²) in [5, 5.41) is 9.62. The molecule has 1 aliphatic heterocycles. The Bertz CT molecular complexity index is 487. The number of aliphatic carboxylic acids is 1. The van der Waals surface area contributed by atoms with E-state index >= 15 is 0 Å². The van der Waals surface area contributed by atoms with E-state index in [9.17, 15) is 9.90 Å². The van der Waals surface area contributed by atoms with E-state index in [1.54, 1.807) is 0 Å². The number of rotatable bonds is 3. The van der Waals surface area contributed by atoms with E-state index in [2.05, 4.69) is 50.8 Å². The summed E-state index contributed by atoms with van der Waals surface area (Å²) in [6, 6.07) is 5.87. The number of hydrogen-bond donors (Lipinski definition) is 1. The fourth-order valence-corrected chi connectivity index (χ4v) is 3.46. The van der Waals surface area contributed by atoms with Crippen LogP contribution in [-0.2, 0) is 11.3 Å². The molecule has 0 spiro atoms. The molecule has 1 unspecified atom stereocenters. The third-order valence-corrected chi connectivity index (χ3v) is 4.61. The molecule has 1 saturated heterocycles. The second-order valence-electron chi connectivity index (χ2n) is 6.67. The summed E-state index contributed by atoms with van der Waals surface area (Å²) >= 11 is 0. The highest BCUT2D eigenvalue weighted by atomic mass is 16.4. The molecule has 0 amide bonds. The fraction of sp³-hybridized carbons (Fsp3) is 0.588. The van der Waals surface area contributed by atoms with Gasteiger partial charge in [0.05, 0.1) is 0 Å². The molecule has 0 aliphatic carbocycles.